The molecule has 3 aromatic rings. The van der Waals surface area contributed by atoms with Gasteiger partial charge in [-0.25, -0.2) is 0 Å². The number of amides is 1. The summed E-state index contributed by atoms with van der Waals surface area (Å²) in [5, 5.41) is 11.2. The van der Waals surface area contributed by atoms with Gasteiger partial charge in [-0.05, 0) is 60.0 Å². The number of rotatable bonds is 5. The number of ketones is 1. The van der Waals surface area contributed by atoms with Crippen molar-refractivity contribution in [3.63, 3.8) is 0 Å². The molecule has 32 heavy (non-hydrogen) atoms. The van der Waals surface area contributed by atoms with Crippen molar-refractivity contribution in [2.24, 2.45) is 0 Å². The zero-order valence-corrected chi connectivity index (χ0v) is 19.2. The van der Waals surface area contributed by atoms with Gasteiger partial charge < -0.3 is 14.7 Å². The van der Waals surface area contributed by atoms with Crippen LogP contribution in [0.25, 0.3) is 5.76 Å². The monoisotopic (exact) mass is 492 g/mol. The first-order chi connectivity index (χ1) is 15.4. The lowest BCUT2D eigenvalue weighted by Gasteiger charge is -2.25. The van der Waals surface area contributed by atoms with Crippen LogP contribution >= 0.6 is 15.9 Å². The molecular formula is C25H21BrN2O4. The highest BCUT2D eigenvalue weighted by atomic mass is 79.9. The van der Waals surface area contributed by atoms with Gasteiger partial charge in [-0.2, -0.15) is 0 Å². The number of pyridine rings is 1. The number of halogens is 1. The number of hydrogen-bond donors (Lipinski definition) is 1. The zero-order chi connectivity index (χ0) is 22.8. The Kier molecular flexibility index (Phi) is 6.10. The van der Waals surface area contributed by atoms with Crippen molar-refractivity contribution in [3.05, 3.63) is 99.3 Å². The van der Waals surface area contributed by atoms with Crippen LogP contribution in [0.15, 0.2) is 77.0 Å². The highest BCUT2D eigenvalue weighted by Gasteiger charge is 2.46. The number of methoxy groups -OCH3 is 1. The molecule has 0 aliphatic carbocycles. The number of carbonyl (C=O) groups excluding carboxylic acids is 2. The summed E-state index contributed by atoms with van der Waals surface area (Å²) in [7, 11) is 1.56. The summed E-state index contributed by atoms with van der Waals surface area (Å²) in [5.74, 6) is -0.935. The van der Waals surface area contributed by atoms with Crippen LogP contribution in [-0.2, 0) is 16.1 Å². The van der Waals surface area contributed by atoms with Gasteiger partial charge >= 0.3 is 0 Å². The van der Waals surface area contributed by atoms with Crippen molar-refractivity contribution < 1.29 is 19.4 Å². The van der Waals surface area contributed by atoms with Crippen LogP contribution in [0.1, 0.15) is 28.3 Å². The maximum absolute atomic E-state index is 13.1. The van der Waals surface area contributed by atoms with Crippen LogP contribution in [-0.4, -0.2) is 33.8 Å². The van der Waals surface area contributed by atoms with E-state index >= 15 is 0 Å². The molecular weight excluding hydrogens is 472 g/mol. The fourth-order valence-electron chi connectivity index (χ4n) is 3.90. The fraction of sp³-hybridized carbons (Fsp3) is 0.160. The maximum atomic E-state index is 13.1. The van der Waals surface area contributed by atoms with Gasteiger partial charge in [0.2, 0.25) is 0 Å². The number of aromatic nitrogens is 1. The first kappa shape index (κ1) is 21.8. The lowest BCUT2D eigenvalue weighted by molar-refractivity contribution is -0.140. The van der Waals surface area contributed by atoms with Gasteiger partial charge in [0.15, 0.2) is 0 Å². The second kappa shape index (κ2) is 8.96. The predicted molar refractivity (Wildman–Crippen MR) is 124 cm³/mol. The minimum Gasteiger partial charge on any atom is -0.507 e. The van der Waals surface area contributed by atoms with E-state index in [4.69, 9.17) is 4.74 Å². The molecule has 162 valence electrons. The molecule has 0 unspecified atom stereocenters. The molecule has 6 nitrogen and oxygen atoms in total. The van der Waals surface area contributed by atoms with Gasteiger partial charge in [0.1, 0.15) is 11.5 Å². The van der Waals surface area contributed by atoms with Crippen molar-refractivity contribution in [2.75, 3.05) is 7.11 Å². The second-order valence-corrected chi connectivity index (χ2v) is 8.44. The van der Waals surface area contributed by atoms with Gasteiger partial charge in [0, 0.05) is 29.0 Å². The number of ether oxygens (including phenoxy) is 1. The second-order valence-electron chi connectivity index (χ2n) is 7.52. The molecule has 2 heterocycles. The van der Waals surface area contributed by atoms with E-state index in [1.54, 1.807) is 43.8 Å². The molecule has 0 spiro atoms. The minimum atomic E-state index is -0.732. The van der Waals surface area contributed by atoms with Crippen LogP contribution in [0.2, 0.25) is 0 Å². The molecule has 0 radical (unpaired) electrons. The fourth-order valence-corrected chi connectivity index (χ4v) is 4.16. The zero-order valence-electron chi connectivity index (χ0n) is 17.6. The maximum Gasteiger partial charge on any atom is 0.295 e. The Morgan fingerprint density at radius 3 is 2.53 bits per heavy atom. The summed E-state index contributed by atoms with van der Waals surface area (Å²) in [4.78, 5) is 31.8. The average molecular weight is 493 g/mol. The Bertz CT molecular complexity index is 1210. The van der Waals surface area contributed by atoms with Crippen LogP contribution in [0.5, 0.6) is 5.75 Å². The van der Waals surface area contributed by atoms with E-state index in [-0.39, 0.29) is 17.9 Å². The summed E-state index contributed by atoms with van der Waals surface area (Å²) in [5.41, 5.74) is 2.79. The van der Waals surface area contributed by atoms with Gasteiger partial charge in [-0.15, -0.1) is 0 Å². The number of aryl methyl sites for hydroxylation is 1. The quantitative estimate of drug-likeness (QED) is 0.314. The normalized spacial score (nSPS) is 17.6. The van der Waals surface area contributed by atoms with Crippen molar-refractivity contribution in [1.29, 1.82) is 0 Å². The topological polar surface area (TPSA) is 79.7 Å². The van der Waals surface area contributed by atoms with Gasteiger partial charge in [0.25, 0.3) is 11.7 Å². The Hall–Kier alpha value is -3.45. The van der Waals surface area contributed by atoms with Crippen LogP contribution in [0, 0.1) is 6.92 Å². The number of nitrogens with zero attached hydrogens (tertiary/aromatic N) is 2. The lowest BCUT2D eigenvalue weighted by atomic mass is 9.94. The van der Waals surface area contributed by atoms with E-state index in [1.165, 1.54) is 4.90 Å². The molecule has 2 aromatic carbocycles. The average Bonchev–Trinajstić information content (AvgIpc) is 3.04. The third-order valence-electron chi connectivity index (χ3n) is 5.49. The summed E-state index contributed by atoms with van der Waals surface area (Å²) in [6, 6.07) is 15.4. The first-order valence-electron chi connectivity index (χ1n) is 9.98. The molecule has 1 fully saturated rings. The van der Waals surface area contributed by atoms with E-state index < -0.39 is 17.7 Å². The van der Waals surface area contributed by atoms with Gasteiger partial charge in [-0.3, -0.25) is 14.6 Å². The number of hydrogen-bond acceptors (Lipinski definition) is 5. The van der Waals surface area contributed by atoms with Crippen molar-refractivity contribution in [1.82, 2.24) is 9.88 Å². The molecule has 0 bridgehead atoms. The third kappa shape index (κ3) is 4.03. The molecule has 0 saturated carbocycles. The number of Topliss-reactive ketones (excluding diaryl/α,β-unsaturated/α-hetero) is 1. The van der Waals surface area contributed by atoms with E-state index in [0.29, 0.717) is 11.3 Å². The third-order valence-corrected chi connectivity index (χ3v) is 6.02. The van der Waals surface area contributed by atoms with Crippen LogP contribution in [0.3, 0.4) is 0 Å². The van der Waals surface area contributed by atoms with E-state index in [0.717, 1.165) is 21.2 Å². The minimum absolute atomic E-state index is 0.0643. The number of likely N-dealkylation sites (tertiary alicyclic amines) is 1. The molecule has 1 saturated heterocycles. The highest BCUT2D eigenvalue weighted by Crippen LogP contribution is 2.41. The predicted octanol–water partition coefficient (Wildman–Crippen LogP) is 4.78. The largest absolute Gasteiger partial charge is 0.507 e. The van der Waals surface area contributed by atoms with Gasteiger partial charge in [0.05, 0.1) is 18.7 Å². The van der Waals surface area contributed by atoms with Crippen molar-refractivity contribution in [3.8, 4) is 5.75 Å². The number of aliphatic hydroxyl groups excluding tert-OH is 1. The van der Waals surface area contributed by atoms with E-state index in [1.807, 2.05) is 37.3 Å². The molecule has 1 N–H and O–H groups in total. The Balaban J connectivity index is 1.87. The number of benzene rings is 2. The SMILES string of the molecule is COc1ccc(/C(O)=C2\C(=O)C(=O)N(Cc3cccnc3)[C@H]2c2ccc(Br)cc2)c(C)c1. The highest BCUT2D eigenvalue weighted by molar-refractivity contribution is 9.10. The molecule has 1 aliphatic rings. The summed E-state index contributed by atoms with van der Waals surface area (Å²) in [6.45, 7) is 2.01. The Morgan fingerprint density at radius 1 is 1.16 bits per heavy atom. The molecule has 1 amide bonds. The molecule has 4 rings (SSSR count). The van der Waals surface area contributed by atoms with Crippen LogP contribution < -0.4 is 4.74 Å². The standard InChI is InChI=1S/C25H21BrN2O4/c1-15-12-19(32-2)9-10-20(15)23(29)21-22(17-5-7-18(26)8-6-17)28(25(31)24(21)30)14-16-4-3-11-27-13-16/h3-13,22,29H,14H2,1-2H3/b23-21+/t22-/m0/s1. The molecule has 1 aromatic heterocycles. The van der Waals surface area contributed by atoms with Crippen LogP contribution in [0.4, 0.5) is 0 Å². The Morgan fingerprint density at radius 2 is 1.91 bits per heavy atom. The van der Waals surface area contributed by atoms with Crippen molar-refractivity contribution in [2.45, 2.75) is 19.5 Å². The molecule has 1 aliphatic heterocycles. The van der Waals surface area contributed by atoms with Gasteiger partial charge in [-0.1, -0.05) is 34.1 Å². The lowest BCUT2D eigenvalue weighted by Crippen LogP contribution is -2.29. The smallest absolute Gasteiger partial charge is 0.295 e. The summed E-state index contributed by atoms with van der Waals surface area (Å²) >= 11 is 3.42. The van der Waals surface area contributed by atoms with E-state index in [9.17, 15) is 14.7 Å². The summed E-state index contributed by atoms with van der Waals surface area (Å²) < 4.78 is 6.11. The number of aliphatic hydroxyl groups is 1. The molecule has 7 heteroatoms. The van der Waals surface area contributed by atoms with Crippen molar-refractivity contribution >= 4 is 33.4 Å². The molecule has 1 atom stereocenters. The number of carbonyl (C=O) groups is 2. The summed E-state index contributed by atoms with van der Waals surface area (Å²) in [6.07, 6.45) is 3.31. The van der Waals surface area contributed by atoms with E-state index in [2.05, 4.69) is 20.9 Å². The Labute approximate surface area is 194 Å². The first-order valence-corrected chi connectivity index (χ1v) is 10.8.